The van der Waals surface area contributed by atoms with Crippen LogP contribution in [0.3, 0.4) is 0 Å². The number of carbonyl (C=O) groups is 1. The smallest absolute Gasteiger partial charge is 0.267 e. The van der Waals surface area contributed by atoms with E-state index < -0.39 is 21.7 Å². The van der Waals surface area contributed by atoms with Crippen molar-refractivity contribution < 1.29 is 17.6 Å². The number of thioether (sulfide) groups is 1. The van der Waals surface area contributed by atoms with Crippen molar-refractivity contribution in [1.29, 1.82) is 0 Å². The van der Waals surface area contributed by atoms with Crippen molar-refractivity contribution in [3.63, 3.8) is 0 Å². The second-order valence-electron chi connectivity index (χ2n) is 5.24. The number of nitrogens with zero attached hydrogens (tertiary/aromatic N) is 1. The number of nitrogens with one attached hydrogen (secondary N) is 1. The molecule has 1 amide bonds. The molecule has 11 heteroatoms. The number of halogens is 3. The molecule has 0 aliphatic carbocycles. The van der Waals surface area contributed by atoms with Gasteiger partial charge in [0, 0.05) is 0 Å². The summed E-state index contributed by atoms with van der Waals surface area (Å²) in [5.74, 6) is -1.22. The maximum atomic E-state index is 13.0. The summed E-state index contributed by atoms with van der Waals surface area (Å²) >= 11 is 17.8. The predicted octanol–water partition coefficient (Wildman–Crippen LogP) is 4.23. The lowest BCUT2D eigenvalue weighted by atomic mass is 10.2. The summed E-state index contributed by atoms with van der Waals surface area (Å²) in [6.45, 7) is 0. The summed E-state index contributed by atoms with van der Waals surface area (Å²) in [6.07, 6.45) is 1.52. The van der Waals surface area contributed by atoms with Gasteiger partial charge < -0.3 is 0 Å². The average Bonchev–Trinajstić information content (AvgIpc) is 2.86. The van der Waals surface area contributed by atoms with Crippen LogP contribution in [0.1, 0.15) is 5.56 Å². The monoisotopic (exact) mass is 462 g/mol. The number of carbonyl (C=O) groups excluding carboxylic acids is 1. The number of thiocarbonyl (C=S) groups is 1. The molecule has 0 radical (unpaired) electrons. The van der Waals surface area contributed by atoms with E-state index in [-0.39, 0.29) is 14.1 Å². The second-order valence-corrected chi connectivity index (χ2v) is 9.39. The van der Waals surface area contributed by atoms with E-state index in [4.69, 9.17) is 35.4 Å². The molecule has 0 saturated carbocycles. The zero-order chi connectivity index (χ0) is 19.8. The highest BCUT2D eigenvalue weighted by molar-refractivity contribution is 8.26. The van der Waals surface area contributed by atoms with Crippen LogP contribution in [0.5, 0.6) is 0 Å². The molecule has 0 spiro atoms. The number of hydrogen-bond donors (Lipinski definition) is 1. The molecule has 0 atom stereocenters. The minimum Gasteiger partial charge on any atom is -0.267 e. The molecule has 1 aliphatic rings. The Morgan fingerprint density at radius 1 is 1.11 bits per heavy atom. The Bertz CT molecular complexity index is 1070. The van der Waals surface area contributed by atoms with Gasteiger partial charge in [0.1, 0.15) is 5.82 Å². The normalized spacial score (nSPS) is 16.4. The summed E-state index contributed by atoms with van der Waals surface area (Å²) in [6, 6.07) is 8.98. The van der Waals surface area contributed by atoms with E-state index in [1.165, 1.54) is 6.08 Å². The lowest BCUT2D eigenvalue weighted by Crippen LogP contribution is -2.44. The lowest BCUT2D eigenvalue weighted by Gasteiger charge is -2.15. The number of sulfonamides is 1. The van der Waals surface area contributed by atoms with E-state index in [9.17, 15) is 17.6 Å². The fourth-order valence-electron chi connectivity index (χ4n) is 2.09. The Hall–Kier alpha value is -1.49. The van der Waals surface area contributed by atoms with Gasteiger partial charge in [0.25, 0.3) is 15.9 Å². The van der Waals surface area contributed by atoms with Crippen molar-refractivity contribution in [2.75, 3.05) is 0 Å². The van der Waals surface area contributed by atoms with E-state index in [1.807, 2.05) is 0 Å². The number of hydrogen-bond acceptors (Lipinski definition) is 5. The third-order valence-corrected chi connectivity index (χ3v) is 6.73. The van der Waals surface area contributed by atoms with Crippen LogP contribution in [0.4, 0.5) is 4.39 Å². The molecule has 140 valence electrons. The molecule has 0 bridgehead atoms. The Kier molecular flexibility index (Phi) is 5.90. The first-order valence-corrected chi connectivity index (χ1v) is 10.6. The van der Waals surface area contributed by atoms with Gasteiger partial charge in [0.15, 0.2) is 4.32 Å². The molecule has 2 aromatic rings. The van der Waals surface area contributed by atoms with Crippen LogP contribution in [0.2, 0.25) is 10.0 Å². The lowest BCUT2D eigenvalue weighted by molar-refractivity contribution is -0.123. The Morgan fingerprint density at radius 2 is 1.78 bits per heavy atom. The van der Waals surface area contributed by atoms with E-state index in [1.54, 1.807) is 18.2 Å². The van der Waals surface area contributed by atoms with Gasteiger partial charge in [-0.25, -0.2) is 17.8 Å². The molecule has 1 fully saturated rings. The molecule has 1 heterocycles. The van der Waals surface area contributed by atoms with Crippen molar-refractivity contribution in [3.8, 4) is 0 Å². The molecule has 5 nitrogen and oxygen atoms in total. The first-order valence-electron chi connectivity index (χ1n) is 7.18. The van der Waals surface area contributed by atoms with Gasteiger partial charge in [0.05, 0.1) is 19.8 Å². The van der Waals surface area contributed by atoms with Gasteiger partial charge in [-0.05, 0) is 48.0 Å². The van der Waals surface area contributed by atoms with E-state index in [0.717, 1.165) is 41.0 Å². The first-order chi connectivity index (χ1) is 12.7. The van der Waals surface area contributed by atoms with Gasteiger partial charge in [-0.3, -0.25) is 4.79 Å². The van der Waals surface area contributed by atoms with Crippen molar-refractivity contribution in [2.24, 2.45) is 0 Å². The highest BCUT2D eigenvalue weighted by Gasteiger charge is 2.35. The van der Waals surface area contributed by atoms with Crippen molar-refractivity contribution in [1.82, 2.24) is 9.84 Å². The maximum absolute atomic E-state index is 13.0. The van der Waals surface area contributed by atoms with Gasteiger partial charge in [-0.2, -0.15) is 0 Å². The minimum atomic E-state index is -4.11. The zero-order valence-electron chi connectivity index (χ0n) is 13.1. The maximum Gasteiger partial charge on any atom is 0.281 e. The Morgan fingerprint density at radius 3 is 2.41 bits per heavy atom. The fourth-order valence-corrected chi connectivity index (χ4v) is 4.70. The standard InChI is InChI=1S/C16H9Cl2FN2O3S3/c17-12-6-1-9(7-13(12)18)8-14-15(22)21(16(25)26-14)20-27(23,24)11-4-2-10(19)3-5-11/h1-8,20H/b14-8+. The summed E-state index contributed by atoms with van der Waals surface area (Å²) < 4.78 is 37.8. The first kappa shape index (κ1) is 20.2. The van der Waals surface area contributed by atoms with Crippen LogP contribution in [-0.2, 0) is 14.8 Å². The number of amides is 1. The number of hydrazine groups is 1. The molecule has 0 unspecified atom stereocenters. The summed E-state index contributed by atoms with van der Waals surface area (Å²) in [4.78, 5) is 14.7. The summed E-state index contributed by atoms with van der Waals surface area (Å²) in [7, 11) is -4.11. The molecular formula is C16H9Cl2FN2O3S3. The quantitative estimate of drug-likeness (QED) is 0.543. The van der Waals surface area contributed by atoms with Gasteiger partial charge in [-0.15, -0.1) is 4.83 Å². The molecular weight excluding hydrogens is 454 g/mol. The van der Waals surface area contributed by atoms with Crippen LogP contribution in [-0.4, -0.2) is 23.7 Å². The average molecular weight is 463 g/mol. The highest BCUT2D eigenvalue weighted by atomic mass is 35.5. The van der Waals surface area contributed by atoms with E-state index in [2.05, 4.69) is 4.83 Å². The molecule has 1 aliphatic heterocycles. The van der Waals surface area contributed by atoms with Crippen LogP contribution >= 0.6 is 47.2 Å². The Balaban J connectivity index is 1.84. The van der Waals surface area contributed by atoms with Crippen LogP contribution in [0.15, 0.2) is 52.3 Å². The molecule has 27 heavy (non-hydrogen) atoms. The molecule has 3 rings (SSSR count). The summed E-state index contributed by atoms with van der Waals surface area (Å²) in [5.41, 5.74) is 0.603. The molecule has 1 N–H and O–H groups in total. The van der Waals surface area contributed by atoms with Crippen molar-refractivity contribution in [3.05, 3.63) is 68.8 Å². The summed E-state index contributed by atoms with van der Waals surface area (Å²) in [5, 5.41) is 1.44. The van der Waals surface area contributed by atoms with Crippen molar-refractivity contribution >= 4 is 73.5 Å². The topological polar surface area (TPSA) is 66.5 Å². The Labute approximate surface area is 174 Å². The largest absolute Gasteiger partial charge is 0.281 e. The molecule has 1 saturated heterocycles. The van der Waals surface area contributed by atoms with Crippen LogP contribution in [0.25, 0.3) is 6.08 Å². The number of rotatable bonds is 4. The SMILES string of the molecule is O=C1/C(=C\c2ccc(Cl)c(Cl)c2)SC(=S)N1NS(=O)(=O)c1ccc(F)cc1. The second kappa shape index (κ2) is 7.86. The van der Waals surface area contributed by atoms with Gasteiger partial charge >= 0.3 is 0 Å². The molecule has 2 aromatic carbocycles. The third-order valence-electron chi connectivity index (χ3n) is 3.37. The third kappa shape index (κ3) is 4.50. The predicted molar refractivity (Wildman–Crippen MR) is 108 cm³/mol. The molecule has 0 aromatic heterocycles. The number of benzene rings is 2. The minimum absolute atomic E-state index is 0.0111. The fraction of sp³-hybridized carbons (Fsp3) is 0. The zero-order valence-corrected chi connectivity index (χ0v) is 17.1. The van der Waals surface area contributed by atoms with Gasteiger partial charge in [0.2, 0.25) is 0 Å². The van der Waals surface area contributed by atoms with E-state index >= 15 is 0 Å². The van der Waals surface area contributed by atoms with Crippen LogP contribution < -0.4 is 4.83 Å². The highest BCUT2D eigenvalue weighted by Crippen LogP contribution is 2.33. The van der Waals surface area contributed by atoms with Gasteiger partial charge in [-0.1, -0.05) is 53.2 Å². The van der Waals surface area contributed by atoms with Crippen LogP contribution in [0, 0.1) is 5.82 Å². The van der Waals surface area contributed by atoms with Crippen molar-refractivity contribution in [2.45, 2.75) is 4.90 Å². The van der Waals surface area contributed by atoms with E-state index in [0.29, 0.717) is 15.6 Å².